The molecule has 0 saturated carbocycles. The van der Waals surface area contributed by atoms with Crippen LogP contribution in [0.2, 0.25) is 5.02 Å². The normalized spacial score (nSPS) is 14.2. The third-order valence-corrected chi connectivity index (χ3v) is 6.07. The Bertz CT molecular complexity index is 1320. The van der Waals surface area contributed by atoms with Crippen LogP contribution < -0.4 is 10.6 Å². The molecule has 0 spiro atoms. The molecule has 7 nitrogen and oxygen atoms in total. The predicted octanol–water partition coefficient (Wildman–Crippen LogP) is 5.07. The van der Waals surface area contributed by atoms with E-state index in [1.165, 1.54) is 12.1 Å². The fourth-order valence-electron chi connectivity index (χ4n) is 4.28. The Labute approximate surface area is 188 Å². The zero-order chi connectivity index (χ0) is 22.4. The summed E-state index contributed by atoms with van der Waals surface area (Å²) in [7, 11) is 0. The maximum absolute atomic E-state index is 14.8. The highest BCUT2D eigenvalue weighted by molar-refractivity contribution is 6.33. The molecule has 2 aromatic heterocycles. The number of nitrogens with zero attached hydrogens (tertiary/aromatic N) is 3. The maximum atomic E-state index is 14.8. The average Bonchev–Trinajstić information content (AvgIpc) is 3.44. The van der Waals surface area contributed by atoms with Gasteiger partial charge in [-0.05, 0) is 31.5 Å². The summed E-state index contributed by atoms with van der Waals surface area (Å²) in [5.74, 6) is -0.581. The molecule has 0 aliphatic carbocycles. The number of urea groups is 1. The lowest BCUT2D eigenvalue weighted by Gasteiger charge is -2.16. The Morgan fingerprint density at radius 2 is 2.06 bits per heavy atom. The first-order chi connectivity index (χ1) is 15.4. The van der Waals surface area contributed by atoms with E-state index in [0.717, 1.165) is 33.8 Å². The number of halogens is 2. The van der Waals surface area contributed by atoms with Gasteiger partial charge in [-0.3, -0.25) is 5.10 Å². The first-order valence-corrected chi connectivity index (χ1v) is 10.5. The number of hydrogen-bond donors (Lipinski definition) is 3. The smallest absolute Gasteiger partial charge is 0.319 e. The number of carbonyl (C=O) groups excluding carboxylic acids is 1. The zero-order valence-electron chi connectivity index (χ0n) is 17.4. The van der Waals surface area contributed by atoms with Gasteiger partial charge < -0.3 is 15.2 Å². The second-order valence-corrected chi connectivity index (χ2v) is 8.15. The molecule has 1 unspecified atom stereocenters. The molecule has 2 aromatic carbocycles. The van der Waals surface area contributed by atoms with E-state index in [9.17, 15) is 9.18 Å². The van der Waals surface area contributed by atoms with Crippen LogP contribution in [0.5, 0.6) is 0 Å². The van der Waals surface area contributed by atoms with Crippen LogP contribution in [0, 0.1) is 19.7 Å². The van der Waals surface area contributed by atoms with Gasteiger partial charge in [0.1, 0.15) is 5.82 Å². The molecule has 3 N–H and O–H groups in total. The largest absolute Gasteiger partial charge is 0.335 e. The number of imidazole rings is 1. The summed E-state index contributed by atoms with van der Waals surface area (Å²) in [4.78, 5) is 16.8. The number of hydrogen-bond acceptors (Lipinski definition) is 3. The van der Waals surface area contributed by atoms with Crippen molar-refractivity contribution in [2.45, 2.75) is 19.9 Å². The highest BCUT2D eigenvalue weighted by Gasteiger charge is 2.28. The van der Waals surface area contributed by atoms with Crippen LogP contribution in [-0.4, -0.2) is 32.3 Å². The second kappa shape index (κ2) is 7.80. The maximum Gasteiger partial charge on any atom is 0.319 e. The highest BCUT2D eigenvalue weighted by atomic mass is 35.5. The molecule has 5 rings (SSSR count). The summed E-state index contributed by atoms with van der Waals surface area (Å²) in [6.07, 6.45) is 3.55. The van der Waals surface area contributed by atoms with E-state index in [2.05, 4.69) is 25.8 Å². The number of fused-ring (bicyclic) bond motifs is 3. The van der Waals surface area contributed by atoms with Crippen LogP contribution in [-0.2, 0) is 0 Å². The molecular weight excluding hydrogens is 431 g/mol. The number of rotatable bonds is 4. The summed E-state index contributed by atoms with van der Waals surface area (Å²) in [5.41, 5.74) is 5.99. The Balaban J connectivity index is 1.32. The predicted molar refractivity (Wildman–Crippen MR) is 121 cm³/mol. The molecule has 1 aliphatic heterocycles. The fourth-order valence-corrected chi connectivity index (χ4v) is 4.54. The number of amides is 2. The standard InChI is InChI=1S/C23H20ClFN6O/c1-12-22(13(2)30-29-12)16-7-18(25)19(8-17(16)24)28-23(32)27-10-21-15-6-4-3-5-14(15)20-9-26-11-31(20)21/h3-9,11,21H,10H2,1-2H3,(H,29,30)(H2,27,28,32). The number of aromatic amines is 1. The van der Waals surface area contributed by atoms with Crippen LogP contribution in [0.3, 0.4) is 0 Å². The summed E-state index contributed by atoms with van der Waals surface area (Å²) >= 11 is 6.41. The molecule has 3 heterocycles. The Kier molecular flexibility index (Phi) is 4.94. The SMILES string of the molecule is Cc1n[nH]c(C)c1-c1cc(F)c(NC(=O)NCC2c3ccccc3-c3cncn32)cc1Cl. The molecular formula is C23H20ClFN6O. The van der Waals surface area contributed by atoms with Crippen molar-refractivity contribution in [1.82, 2.24) is 25.1 Å². The molecule has 9 heteroatoms. The van der Waals surface area contributed by atoms with Crippen LogP contribution in [0.1, 0.15) is 23.0 Å². The molecule has 4 aromatic rings. The number of H-pyrrole nitrogens is 1. The number of anilines is 1. The van der Waals surface area contributed by atoms with E-state index in [4.69, 9.17) is 11.6 Å². The van der Waals surface area contributed by atoms with Crippen LogP contribution in [0.4, 0.5) is 14.9 Å². The van der Waals surface area contributed by atoms with Crippen molar-refractivity contribution in [3.8, 4) is 22.4 Å². The van der Waals surface area contributed by atoms with Crippen molar-refractivity contribution in [2.24, 2.45) is 0 Å². The lowest BCUT2D eigenvalue weighted by atomic mass is 10.0. The first kappa shape index (κ1) is 20.3. The number of aromatic nitrogens is 4. The highest BCUT2D eigenvalue weighted by Crippen LogP contribution is 2.38. The molecule has 0 bridgehead atoms. The first-order valence-electron chi connectivity index (χ1n) is 10.1. The minimum Gasteiger partial charge on any atom is -0.335 e. The van der Waals surface area contributed by atoms with Gasteiger partial charge in [-0.1, -0.05) is 35.9 Å². The molecule has 32 heavy (non-hydrogen) atoms. The third-order valence-electron chi connectivity index (χ3n) is 5.76. The van der Waals surface area contributed by atoms with Gasteiger partial charge in [0.05, 0.1) is 40.7 Å². The summed E-state index contributed by atoms with van der Waals surface area (Å²) < 4.78 is 16.8. The van der Waals surface area contributed by atoms with Gasteiger partial charge in [0.15, 0.2) is 0 Å². The van der Waals surface area contributed by atoms with Crippen molar-refractivity contribution in [3.63, 3.8) is 0 Å². The molecule has 1 atom stereocenters. The van der Waals surface area contributed by atoms with Gasteiger partial charge >= 0.3 is 6.03 Å². The number of aryl methyl sites for hydroxylation is 2. The second-order valence-electron chi connectivity index (χ2n) is 7.75. The Hall–Kier alpha value is -3.65. The van der Waals surface area contributed by atoms with E-state index < -0.39 is 11.8 Å². The summed E-state index contributed by atoms with van der Waals surface area (Å²) in [6, 6.07) is 10.1. The molecule has 0 saturated heterocycles. The molecule has 0 fully saturated rings. The van der Waals surface area contributed by atoms with E-state index in [-0.39, 0.29) is 11.7 Å². The van der Waals surface area contributed by atoms with Crippen LogP contribution in [0.25, 0.3) is 22.4 Å². The number of nitrogens with one attached hydrogen (secondary N) is 3. The quantitative estimate of drug-likeness (QED) is 0.405. The molecule has 2 amide bonds. The van der Waals surface area contributed by atoms with Gasteiger partial charge in [0, 0.05) is 28.9 Å². The van der Waals surface area contributed by atoms with E-state index in [0.29, 0.717) is 17.1 Å². The Morgan fingerprint density at radius 3 is 2.84 bits per heavy atom. The Morgan fingerprint density at radius 1 is 1.25 bits per heavy atom. The number of benzene rings is 2. The monoisotopic (exact) mass is 450 g/mol. The molecule has 1 aliphatic rings. The van der Waals surface area contributed by atoms with E-state index in [1.54, 1.807) is 12.5 Å². The zero-order valence-corrected chi connectivity index (χ0v) is 18.2. The van der Waals surface area contributed by atoms with Gasteiger partial charge in [-0.2, -0.15) is 5.10 Å². The topological polar surface area (TPSA) is 87.6 Å². The molecule has 0 radical (unpaired) electrons. The minimum absolute atomic E-state index is 0.00481. The van der Waals surface area contributed by atoms with Crippen molar-refractivity contribution in [1.29, 1.82) is 0 Å². The number of carbonyl (C=O) groups is 1. The van der Waals surface area contributed by atoms with Crippen LogP contribution in [0.15, 0.2) is 48.9 Å². The van der Waals surface area contributed by atoms with Crippen molar-refractivity contribution >= 4 is 23.3 Å². The lowest BCUT2D eigenvalue weighted by molar-refractivity contribution is 0.251. The van der Waals surface area contributed by atoms with Gasteiger partial charge in [0.2, 0.25) is 0 Å². The van der Waals surface area contributed by atoms with Crippen molar-refractivity contribution < 1.29 is 9.18 Å². The fraction of sp³-hybridized carbons (Fsp3) is 0.174. The van der Waals surface area contributed by atoms with Crippen molar-refractivity contribution in [2.75, 3.05) is 11.9 Å². The summed E-state index contributed by atoms with van der Waals surface area (Å²) in [6.45, 7) is 3.99. The van der Waals surface area contributed by atoms with Crippen molar-refractivity contribution in [3.05, 3.63) is 76.7 Å². The average molecular weight is 451 g/mol. The lowest BCUT2D eigenvalue weighted by Crippen LogP contribution is -2.33. The van der Waals surface area contributed by atoms with Crippen LogP contribution >= 0.6 is 11.6 Å². The van der Waals surface area contributed by atoms with E-state index in [1.807, 2.05) is 42.7 Å². The van der Waals surface area contributed by atoms with Gasteiger partial charge in [-0.15, -0.1) is 0 Å². The van der Waals surface area contributed by atoms with E-state index >= 15 is 0 Å². The minimum atomic E-state index is -0.581. The van der Waals surface area contributed by atoms with Gasteiger partial charge in [-0.25, -0.2) is 14.2 Å². The third kappa shape index (κ3) is 3.33. The molecule has 162 valence electrons. The van der Waals surface area contributed by atoms with Gasteiger partial charge in [0.25, 0.3) is 0 Å². The summed E-state index contributed by atoms with van der Waals surface area (Å²) in [5, 5.41) is 12.7.